The van der Waals surface area contributed by atoms with Crippen molar-refractivity contribution in [1.29, 1.82) is 0 Å². The van der Waals surface area contributed by atoms with Gasteiger partial charge in [0, 0.05) is 12.6 Å². The summed E-state index contributed by atoms with van der Waals surface area (Å²) >= 11 is 0. The van der Waals surface area contributed by atoms with Crippen molar-refractivity contribution >= 4 is 17.8 Å². The Morgan fingerprint density at radius 1 is 1.17 bits per heavy atom. The number of hydrogen-bond donors (Lipinski definition) is 1. The summed E-state index contributed by atoms with van der Waals surface area (Å²) in [4.78, 5) is 46.4. The molecule has 4 fully saturated rings. The van der Waals surface area contributed by atoms with E-state index in [4.69, 9.17) is 9.47 Å². The van der Waals surface area contributed by atoms with Crippen LogP contribution in [-0.2, 0) is 30.3 Å². The molecule has 5 rings (SSSR count). The highest BCUT2D eigenvalue weighted by Gasteiger charge is 2.79. The number of carbonyl (C=O) groups is 3. The molecule has 0 aromatic heterocycles. The number of fused-ring (bicyclic) bond motifs is 1. The molecule has 3 saturated heterocycles. The summed E-state index contributed by atoms with van der Waals surface area (Å²) in [6.45, 7) is 9.64. The van der Waals surface area contributed by atoms with Gasteiger partial charge in [-0.05, 0) is 44.1 Å². The minimum absolute atomic E-state index is 0.0389. The molecule has 1 N–H and O–H groups in total. The fourth-order valence-corrected chi connectivity index (χ4v) is 8.16. The number of likely N-dealkylation sites (tertiary alicyclic amines) is 1. The molecule has 3 heterocycles. The van der Waals surface area contributed by atoms with Gasteiger partial charge in [0.05, 0.1) is 24.2 Å². The molecule has 4 aliphatic rings. The van der Waals surface area contributed by atoms with E-state index in [1.54, 1.807) is 11.0 Å². The predicted molar refractivity (Wildman–Crippen MR) is 155 cm³/mol. The molecule has 222 valence electrons. The first-order valence-electron chi connectivity index (χ1n) is 15.2. The number of benzene rings is 1. The maximum atomic E-state index is 14.8. The van der Waals surface area contributed by atoms with Crippen molar-refractivity contribution in [3.63, 3.8) is 0 Å². The SMILES string of the molecule is C=CCOC(=O)[C@@H]1[C@H]2C(=O)N([C@@H](CO)Cc3ccccc3)C(C(=O)N(CC=C)C3CCCCC3)C23CC[C@@]1(CC)O3. The van der Waals surface area contributed by atoms with Crippen LogP contribution in [-0.4, -0.2) is 81.8 Å². The second-order valence-corrected chi connectivity index (χ2v) is 12.1. The molecule has 2 amide bonds. The fraction of sp³-hybridized carbons (Fsp3) is 0.606. The lowest BCUT2D eigenvalue weighted by Crippen LogP contribution is -2.60. The van der Waals surface area contributed by atoms with Gasteiger partial charge in [-0.1, -0.05) is 75.2 Å². The van der Waals surface area contributed by atoms with E-state index in [2.05, 4.69) is 13.2 Å². The van der Waals surface area contributed by atoms with E-state index in [0.29, 0.717) is 32.2 Å². The van der Waals surface area contributed by atoms with Crippen molar-refractivity contribution in [3.8, 4) is 0 Å². The molecule has 1 saturated carbocycles. The minimum atomic E-state index is -1.17. The van der Waals surface area contributed by atoms with Gasteiger partial charge in [0.2, 0.25) is 11.8 Å². The molecule has 6 atom stereocenters. The average molecular weight is 565 g/mol. The average Bonchev–Trinajstić information content (AvgIpc) is 3.61. The molecule has 8 nitrogen and oxygen atoms in total. The number of carbonyl (C=O) groups excluding carboxylic acids is 3. The van der Waals surface area contributed by atoms with E-state index in [9.17, 15) is 19.5 Å². The largest absolute Gasteiger partial charge is 0.461 e. The quantitative estimate of drug-likeness (QED) is 0.306. The van der Waals surface area contributed by atoms with E-state index in [1.165, 1.54) is 6.08 Å². The van der Waals surface area contributed by atoms with Gasteiger partial charge in [-0.3, -0.25) is 14.4 Å². The van der Waals surface area contributed by atoms with Crippen LogP contribution in [0, 0.1) is 11.8 Å². The molecule has 3 aliphatic heterocycles. The van der Waals surface area contributed by atoms with Crippen LogP contribution in [0.5, 0.6) is 0 Å². The number of nitrogens with zero attached hydrogens (tertiary/aromatic N) is 2. The lowest BCUT2D eigenvalue weighted by atomic mass is 9.65. The summed E-state index contributed by atoms with van der Waals surface area (Å²) in [5.74, 6) is -2.65. The molecule has 1 spiro atoms. The first kappa shape index (κ1) is 29.5. The number of esters is 1. The zero-order valence-corrected chi connectivity index (χ0v) is 24.2. The number of ether oxygens (including phenoxy) is 2. The molecule has 0 radical (unpaired) electrons. The highest BCUT2D eigenvalue weighted by atomic mass is 16.6. The summed E-state index contributed by atoms with van der Waals surface area (Å²) in [5.41, 5.74) is -1.08. The van der Waals surface area contributed by atoms with Gasteiger partial charge in [-0.2, -0.15) is 0 Å². The van der Waals surface area contributed by atoms with Crippen molar-refractivity contribution in [1.82, 2.24) is 9.80 Å². The normalized spacial score (nSPS) is 31.5. The maximum Gasteiger partial charge on any atom is 0.313 e. The van der Waals surface area contributed by atoms with Crippen molar-refractivity contribution in [3.05, 3.63) is 61.2 Å². The zero-order chi connectivity index (χ0) is 29.2. The topological polar surface area (TPSA) is 96.4 Å². The van der Waals surface area contributed by atoms with Gasteiger partial charge in [0.1, 0.15) is 24.2 Å². The summed E-state index contributed by atoms with van der Waals surface area (Å²) < 4.78 is 12.4. The van der Waals surface area contributed by atoms with E-state index >= 15 is 0 Å². The van der Waals surface area contributed by atoms with Crippen molar-refractivity contribution in [2.45, 2.75) is 94.0 Å². The summed E-state index contributed by atoms with van der Waals surface area (Å²) in [5, 5.41) is 10.7. The first-order chi connectivity index (χ1) is 19.9. The maximum absolute atomic E-state index is 14.8. The number of rotatable bonds is 12. The number of aliphatic hydroxyl groups excluding tert-OH is 1. The Bertz CT molecular complexity index is 1150. The standard InChI is InChI=1S/C33H44N2O6/c1-4-19-34(24-15-11-8-12-16-24)30(38)28-33-18-17-32(6-3,41-33)27(31(39)40-20-5-2)26(33)29(37)35(28)25(22-36)21-23-13-9-7-10-14-23/h4-5,7,9-10,13-14,24-28,36H,1-2,6,8,11-12,15-22H2,3H3/t25-,26+,27+,28?,32-,33?/m1/s1. The van der Waals surface area contributed by atoms with Gasteiger partial charge in [0.25, 0.3) is 0 Å². The van der Waals surface area contributed by atoms with Gasteiger partial charge in [0.15, 0.2) is 0 Å². The monoisotopic (exact) mass is 564 g/mol. The molecule has 1 aromatic rings. The first-order valence-corrected chi connectivity index (χ1v) is 15.2. The molecule has 41 heavy (non-hydrogen) atoms. The summed E-state index contributed by atoms with van der Waals surface area (Å²) in [6.07, 6.45) is 10.3. The Balaban J connectivity index is 1.60. The van der Waals surface area contributed by atoms with Gasteiger partial charge >= 0.3 is 5.97 Å². The highest BCUT2D eigenvalue weighted by molar-refractivity contribution is 5.99. The number of aliphatic hydroxyl groups is 1. The third-order valence-electron chi connectivity index (χ3n) is 9.99. The van der Waals surface area contributed by atoms with Crippen LogP contribution in [0.4, 0.5) is 0 Å². The van der Waals surface area contributed by atoms with Crippen molar-refractivity contribution < 1.29 is 29.0 Å². The highest BCUT2D eigenvalue weighted by Crippen LogP contribution is 2.65. The molecule has 1 aromatic carbocycles. The van der Waals surface area contributed by atoms with Gasteiger partial charge in [-0.25, -0.2) is 0 Å². The Labute approximate surface area is 243 Å². The van der Waals surface area contributed by atoms with Gasteiger partial charge in [-0.15, -0.1) is 6.58 Å². The Kier molecular flexibility index (Phi) is 8.71. The lowest BCUT2D eigenvalue weighted by Gasteiger charge is -2.42. The molecule has 1 aliphatic carbocycles. The fourth-order valence-electron chi connectivity index (χ4n) is 8.16. The van der Waals surface area contributed by atoms with Crippen LogP contribution < -0.4 is 0 Å². The Morgan fingerprint density at radius 3 is 2.54 bits per heavy atom. The second kappa shape index (κ2) is 12.1. The predicted octanol–water partition coefficient (Wildman–Crippen LogP) is 3.82. The molecule has 8 heteroatoms. The zero-order valence-electron chi connectivity index (χ0n) is 24.2. The van der Waals surface area contributed by atoms with E-state index in [0.717, 1.165) is 37.7 Å². The molecule has 2 bridgehead atoms. The van der Waals surface area contributed by atoms with Crippen LogP contribution in [0.3, 0.4) is 0 Å². The van der Waals surface area contributed by atoms with Crippen LogP contribution in [0.25, 0.3) is 0 Å². The van der Waals surface area contributed by atoms with Crippen molar-refractivity contribution in [2.75, 3.05) is 19.8 Å². The van der Waals surface area contributed by atoms with Crippen LogP contribution in [0.1, 0.15) is 63.9 Å². The van der Waals surface area contributed by atoms with Crippen molar-refractivity contribution in [2.24, 2.45) is 11.8 Å². The lowest BCUT2D eigenvalue weighted by molar-refractivity contribution is -0.163. The van der Waals surface area contributed by atoms with E-state index in [1.807, 2.05) is 42.2 Å². The molecular weight excluding hydrogens is 520 g/mol. The number of hydrogen-bond acceptors (Lipinski definition) is 6. The Morgan fingerprint density at radius 2 is 1.90 bits per heavy atom. The van der Waals surface area contributed by atoms with Crippen LogP contribution in [0.2, 0.25) is 0 Å². The Hall–Kier alpha value is -2.97. The third kappa shape index (κ3) is 4.93. The van der Waals surface area contributed by atoms with E-state index < -0.39 is 41.1 Å². The van der Waals surface area contributed by atoms with Gasteiger partial charge < -0.3 is 24.4 Å². The minimum Gasteiger partial charge on any atom is -0.461 e. The summed E-state index contributed by atoms with van der Waals surface area (Å²) in [6, 6.07) is 8.11. The summed E-state index contributed by atoms with van der Waals surface area (Å²) in [7, 11) is 0. The smallest absolute Gasteiger partial charge is 0.313 e. The van der Waals surface area contributed by atoms with E-state index in [-0.39, 0.29) is 31.1 Å². The third-order valence-corrected chi connectivity index (χ3v) is 9.99. The molecular formula is C33H44N2O6. The van der Waals surface area contributed by atoms with Crippen LogP contribution in [0.15, 0.2) is 55.6 Å². The second-order valence-electron chi connectivity index (χ2n) is 12.1. The number of amides is 2. The van der Waals surface area contributed by atoms with Crippen LogP contribution >= 0.6 is 0 Å². The molecule has 2 unspecified atom stereocenters.